The molecular formula is C11H16N4OS. The largest absolute Gasteiger partial charge is 0.294 e. The summed E-state index contributed by atoms with van der Waals surface area (Å²) in [7, 11) is 0. The van der Waals surface area contributed by atoms with E-state index in [4.69, 9.17) is 5.84 Å². The second-order valence-electron chi connectivity index (χ2n) is 3.39. The number of aromatic nitrogens is 1. The van der Waals surface area contributed by atoms with Gasteiger partial charge in [0.1, 0.15) is 0 Å². The van der Waals surface area contributed by atoms with Crippen LogP contribution in [0.3, 0.4) is 0 Å². The molecule has 0 aliphatic carbocycles. The Morgan fingerprint density at radius 3 is 2.71 bits per heavy atom. The molecule has 0 radical (unpaired) electrons. The van der Waals surface area contributed by atoms with E-state index in [0.717, 1.165) is 18.8 Å². The van der Waals surface area contributed by atoms with Crippen molar-refractivity contribution in [3.8, 4) is 0 Å². The van der Waals surface area contributed by atoms with Crippen LogP contribution in [-0.4, -0.2) is 28.9 Å². The first-order valence-electron chi connectivity index (χ1n) is 5.10. The number of nitrogen functional groups attached to an aromatic ring is 1. The Bertz CT molecular complexity index is 392. The maximum Gasteiger partial charge on any atom is 0.294 e. The average Bonchev–Trinajstić information content (AvgIpc) is 2.77. The van der Waals surface area contributed by atoms with Crippen molar-refractivity contribution >= 4 is 17.2 Å². The number of hydrazine groups is 1. The van der Waals surface area contributed by atoms with Crippen molar-refractivity contribution in [2.45, 2.75) is 6.54 Å². The third-order valence-electron chi connectivity index (χ3n) is 2.04. The molecule has 1 aromatic rings. The van der Waals surface area contributed by atoms with Crippen molar-refractivity contribution in [2.75, 3.05) is 13.1 Å². The van der Waals surface area contributed by atoms with Crippen molar-refractivity contribution in [2.24, 2.45) is 5.84 Å². The maximum atomic E-state index is 11.2. The van der Waals surface area contributed by atoms with Gasteiger partial charge in [0.25, 0.3) is 5.91 Å². The molecule has 0 aliphatic rings. The SMILES string of the molecule is C=CCN(CC=C)Cc1csc(C(=O)NN)n1. The Morgan fingerprint density at radius 1 is 1.53 bits per heavy atom. The fourth-order valence-corrected chi connectivity index (χ4v) is 2.05. The average molecular weight is 252 g/mol. The highest BCUT2D eigenvalue weighted by Gasteiger charge is 2.11. The quantitative estimate of drug-likeness (QED) is 0.328. The Balaban J connectivity index is 2.66. The van der Waals surface area contributed by atoms with Crippen LogP contribution >= 0.6 is 11.3 Å². The first-order valence-corrected chi connectivity index (χ1v) is 5.98. The van der Waals surface area contributed by atoms with E-state index in [9.17, 15) is 4.79 Å². The number of nitrogens with one attached hydrogen (secondary N) is 1. The topological polar surface area (TPSA) is 71.2 Å². The van der Waals surface area contributed by atoms with Gasteiger partial charge in [-0.25, -0.2) is 10.8 Å². The van der Waals surface area contributed by atoms with Crippen LogP contribution in [-0.2, 0) is 6.54 Å². The first-order chi connectivity index (χ1) is 8.21. The van der Waals surface area contributed by atoms with Gasteiger partial charge in [0.05, 0.1) is 5.69 Å². The number of nitrogens with zero attached hydrogens (tertiary/aromatic N) is 2. The van der Waals surface area contributed by atoms with Crippen LogP contribution in [0.4, 0.5) is 0 Å². The van der Waals surface area contributed by atoms with Gasteiger partial charge < -0.3 is 0 Å². The molecule has 0 aromatic carbocycles. The number of carbonyl (C=O) groups excluding carboxylic acids is 1. The van der Waals surface area contributed by atoms with E-state index in [1.54, 1.807) is 0 Å². The Labute approximate surface area is 105 Å². The highest BCUT2D eigenvalue weighted by molar-refractivity contribution is 7.11. The lowest BCUT2D eigenvalue weighted by Crippen LogP contribution is -2.30. The van der Waals surface area contributed by atoms with Crippen LogP contribution in [0.2, 0.25) is 0 Å². The van der Waals surface area contributed by atoms with Crippen LogP contribution in [0, 0.1) is 0 Å². The van der Waals surface area contributed by atoms with E-state index in [1.165, 1.54) is 11.3 Å². The standard InChI is InChI=1S/C11H16N4OS/c1-3-5-15(6-4-2)7-9-8-17-11(13-9)10(16)14-12/h3-4,8H,1-2,5-7,12H2,(H,14,16). The van der Waals surface area contributed by atoms with Crippen LogP contribution in [0.15, 0.2) is 30.7 Å². The van der Waals surface area contributed by atoms with Crippen LogP contribution in [0.25, 0.3) is 0 Å². The summed E-state index contributed by atoms with van der Waals surface area (Å²) in [5.74, 6) is 4.68. The fraction of sp³-hybridized carbons (Fsp3) is 0.273. The molecule has 0 atom stereocenters. The molecule has 92 valence electrons. The Hall–Kier alpha value is -1.50. The molecule has 17 heavy (non-hydrogen) atoms. The van der Waals surface area contributed by atoms with Crippen LogP contribution in [0.5, 0.6) is 0 Å². The lowest BCUT2D eigenvalue weighted by atomic mass is 10.4. The molecule has 0 unspecified atom stereocenters. The summed E-state index contributed by atoms with van der Waals surface area (Å²) in [5.41, 5.74) is 2.91. The molecule has 6 heteroatoms. The predicted octanol–water partition coefficient (Wildman–Crippen LogP) is 0.921. The molecule has 1 aromatic heterocycles. The highest BCUT2D eigenvalue weighted by Crippen LogP contribution is 2.11. The van der Waals surface area contributed by atoms with Gasteiger partial charge in [0.2, 0.25) is 0 Å². The molecule has 3 N–H and O–H groups in total. The van der Waals surface area contributed by atoms with Gasteiger partial charge in [-0.2, -0.15) is 0 Å². The second-order valence-corrected chi connectivity index (χ2v) is 4.25. The van der Waals surface area contributed by atoms with Gasteiger partial charge in [0, 0.05) is 25.0 Å². The maximum absolute atomic E-state index is 11.2. The van der Waals surface area contributed by atoms with Gasteiger partial charge in [-0.15, -0.1) is 24.5 Å². The number of rotatable bonds is 7. The van der Waals surface area contributed by atoms with Crippen molar-refractivity contribution in [3.05, 3.63) is 41.4 Å². The van der Waals surface area contributed by atoms with E-state index in [-0.39, 0.29) is 5.91 Å². The zero-order valence-corrected chi connectivity index (χ0v) is 10.4. The lowest BCUT2D eigenvalue weighted by molar-refractivity contribution is 0.0953. The molecule has 0 aliphatic heterocycles. The summed E-state index contributed by atoms with van der Waals surface area (Å²) in [6.45, 7) is 9.56. The zero-order chi connectivity index (χ0) is 12.7. The van der Waals surface area contributed by atoms with Crippen molar-refractivity contribution < 1.29 is 4.79 Å². The number of hydrogen-bond donors (Lipinski definition) is 2. The van der Waals surface area contributed by atoms with E-state index >= 15 is 0 Å². The number of amides is 1. The predicted molar refractivity (Wildman–Crippen MR) is 69.4 cm³/mol. The fourth-order valence-electron chi connectivity index (χ4n) is 1.34. The minimum absolute atomic E-state index is 0.361. The smallest absolute Gasteiger partial charge is 0.290 e. The molecule has 1 heterocycles. The van der Waals surface area contributed by atoms with Crippen LogP contribution < -0.4 is 11.3 Å². The monoisotopic (exact) mass is 252 g/mol. The minimum Gasteiger partial charge on any atom is -0.290 e. The molecule has 1 rings (SSSR count). The van der Waals surface area contributed by atoms with Gasteiger partial charge in [-0.05, 0) is 0 Å². The lowest BCUT2D eigenvalue weighted by Gasteiger charge is -2.16. The molecule has 0 saturated carbocycles. The summed E-state index contributed by atoms with van der Waals surface area (Å²) in [6.07, 6.45) is 3.65. The highest BCUT2D eigenvalue weighted by atomic mass is 32.1. The van der Waals surface area contributed by atoms with E-state index in [1.807, 2.05) is 17.5 Å². The third kappa shape index (κ3) is 4.10. The molecule has 0 spiro atoms. The van der Waals surface area contributed by atoms with E-state index < -0.39 is 0 Å². The Kier molecular flexibility index (Phi) is 5.55. The molecule has 0 bridgehead atoms. The molecule has 0 fully saturated rings. The van der Waals surface area contributed by atoms with Gasteiger partial charge in [-0.1, -0.05) is 12.2 Å². The molecular weight excluding hydrogens is 236 g/mol. The van der Waals surface area contributed by atoms with Gasteiger partial charge >= 0.3 is 0 Å². The van der Waals surface area contributed by atoms with Crippen molar-refractivity contribution in [1.29, 1.82) is 0 Å². The Morgan fingerprint density at radius 2 is 2.18 bits per heavy atom. The zero-order valence-electron chi connectivity index (χ0n) is 9.56. The van der Waals surface area contributed by atoms with Gasteiger partial charge in [0.15, 0.2) is 5.01 Å². The summed E-state index contributed by atoms with van der Waals surface area (Å²) in [5, 5.41) is 2.23. The van der Waals surface area contributed by atoms with E-state index in [2.05, 4.69) is 28.5 Å². The minimum atomic E-state index is -0.361. The number of hydrogen-bond acceptors (Lipinski definition) is 5. The van der Waals surface area contributed by atoms with Crippen molar-refractivity contribution in [1.82, 2.24) is 15.3 Å². The number of thiazole rings is 1. The second kappa shape index (κ2) is 6.95. The first kappa shape index (κ1) is 13.6. The normalized spacial score (nSPS) is 10.2. The van der Waals surface area contributed by atoms with E-state index in [0.29, 0.717) is 11.6 Å². The molecule has 1 amide bonds. The molecule has 5 nitrogen and oxygen atoms in total. The van der Waals surface area contributed by atoms with Crippen LogP contribution in [0.1, 0.15) is 15.5 Å². The van der Waals surface area contributed by atoms with Crippen molar-refractivity contribution in [3.63, 3.8) is 0 Å². The molecule has 0 saturated heterocycles. The number of nitrogens with two attached hydrogens (primary N) is 1. The summed E-state index contributed by atoms with van der Waals surface area (Å²) >= 11 is 1.28. The summed E-state index contributed by atoms with van der Waals surface area (Å²) < 4.78 is 0. The summed E-state index contributed by atoms with van der Waals surface area (Å²) in [6, 6.07) is 0. The van der Waals surface area contributed by atoms with Gasteiger partial charge in [-0.3, -0.25) is 15.1 Å². The summed E-state index contributed by atoms with van der Waals surface area (Å²) in [4.78, 5) is 17.5. The number of carbonyl (C=O) groups is 1. The third-order valence-corrected chi connectivity index (χ3v) is 2.93.